The number of carbonyl (C=O) groups is 1. The summed E-state index contributed by atoms with van der Waals surface area (Å²) in [6, 6.07) is 7.17. The SMILES string of the molecule is N[C@@H]1NCCN2C(=O)c3c(cc(-c4ccccc4F)cc3C(F)(F)F)C12. The second-order valence-electron chi connectivity index (χ2n) is 6.39. The van der Waals surface area contributed by atoms with Crippen LogP contribution in [-0.2, 0) is 6.18 Å². The van der Waals surface area contributed by atoms with Gasteiger partial charge in [0.05, 0.1) is 23.3 Å². The maximum atomic E-state index is 14.1. The van der Waals surface area contributed by atoms with Crippen LogP contribution in [0.4, 0.5) is 17.6 Å². The highest BCUT2D eigenvalue weighted by Gasteiger charge is 2.48. The molecule has 1 saturated heterocycles. The fourth-order valence-electron chi connectivity index (χ4n) is 3.74. The molecule has 0 radical (unpaired) electrons. The standard InChI is InChI=1S/C18H15F4N3O/c19-13-4-2-1-3-10(13)9-7-11-14(12(8-9)18(20,21)22)17(26)25-6-5-24-16(23)15(11)25/h1-4,7-8,15-16,24H,5-6,23H2/t15?,16-/m1/s1. The summed E-state index contributed by atoms with van der Waals surface area (Å²) in [6.07, 6.45) is -5.43. The topological polar surface area (TPSA) is 58.4 Å². The van der Waals surface area contributed by atoms with E-state index in [1.807, 2.05) is 0 Å². The minimum atomic E-state index is -4.74. The van der Waals surface area contributed by atoms with Crippen LogP contribution in [0.2, 0.25) is 0 Å². The maximum absolute atomic E-state index is 14.1. The zero-order valence-electron chi connectivity index (χ0n) is 13.5. The molecular formula is C18H15F4N3O. The molecule has 0 spiro atoms. The number of halogens is 4. The molecule has 0 saturated carbocycles. The number of fused-ring (bicyclic) bond motifs is 3. The molecule has 0 aromatic heterocycles. The van der Waals surface area contributed by atoms with Crippen LogP contribution in [0.25, 0.3) is 11.1 Å². The van der Waals surface area contributed by atoms with Crippen LogP contribution in [0.1, 0.15) is 27.5 Å². The number of amides is 1. The first-order valence-corrected chi connectivity index (χ1v) is 8.09. The third-order valence-corrected chi connectivity index (χ3v) is 4.86. The lowest BCUT2D eigenvalue weighted by Crippen LogP contribution is -2.55. The Kier molecular flexibility index (Phi) is 3.78. The van der Waals surface area contributed by atoms with Crippen LogP contribution in [-0.4, -0.2) is 30.1 Å². The van der Waals surface area contributed by atoms with Gasteiger partial charge in [0.15, 0.2) is 0 Å². The Hall–Kier alpha value is -2.45. The Morgan fingerprint density at radius 3 is 2.62 bits per heavy atom. The fraction of sp³-hybridized carbons (Fsp3) is 0.278. The number of benzene rings is 2. The quantitative estimate of drug-likeness (QED) is 0.764. The molecule has 136 valence electrons. The van der Waals surface area contributed by atoms with Crippen LogP contribution in [0, 0.1) is 5.82 Å². The third-order valence-electron chi connectivity index (χ3n) is 4.86. The van der Waals surface area contributed by atoms with Crippen molar-refractivity contribution in [2.24, 2.45) is 5.73 Å². The summed E-state index contributed by atoms with van der Waals surface area (Å²) >= 11 is 0. The molecule has 0 aliphatic carbocycles. The second kappa shape index (κ2) is 5.78. The van der Waals surface area contributed by atoms with E-state index in [-0.39, 0.29) is 28.8 Å². The van der Waals surface area contributed by atoms with Crippen LogP contribution < -0.4 is 11.1 Å². The van der Waals surface area contributed by atoms with Crippen molar-refractivity contribution in [3.63, 3.8) is 0 Å². The van der Waals surface area contributed by atoms with Crippen LogP contribution in [0.15, 0.2) is 36.4 Å². The molecule has 2 atom stereocenters. The number of hydrogen-bond donors (Lipinski definition) is 2. The first kappa shape index (κ1) is 17.0. The van der Waals surface area contributed by atoms with Gasteiger partial charge in [-0.3, -0.25) is 10.1 Å². The van der Waals surface area contributed by atoms with Crippen molar-refractivity contribution in [3.05, 3.63) is 58.9 Å². The fourth-order valence-corrected chi connectivity index (χ4v) is 3.74. The van der Waals surface area contributed by atoms with Gasteiger partial charge in [-0.1, -0.05) is 18.2 Å². The van der Waals surface area contributed by atoms with E-state index in [4.69, 9.17) is 5.73 Å². The summed E-state index contributed by atoms with van der Waals surface area (Å²) in [5.74, 6) is -1.32. The van der Waals surface area contributed by atoms with E-state index >= 15 is 0 Å². The molecule has 8 heteroatoms. The maximum Gasteiger partial charge on any atom is 0.417 e. The van der Waals surface area contributed by atoms with Crippen molar-refractivity contribution in [1.82, 2.24) is 10.2 Å². The second-order valence-corrected chi connectivity index (χ2v) is 6.39. The van der Waals surface area contributed by atoms with Gasteiger partial charge >= 0.3 is 6.18 Å². The van der Waals surface area contributed by atoms with Gasteiger partial charge in [0.2, 0.25) is 0 Å². The van der Waals surface area contributed by atoms with E-state index < -0.39 is 35.7 Å². The number of hydrogen-bond acceptors (Lipinski definition) is 3. The van der Waals surface area contributed by atoms with Crippen LogP contribution >= 0.6 is 0 Å². The van der Waals surface area contributed by atoms with Gasteiger partial charge in [0.1, 0.15) is 5.82 Å². The largest absolute Gasteiger partial charge is 0.417 e. The molecular weight excluding hydrogens is 350 g/mol. The van der Waals surface area contributed by atoms with E-state index in [1.165, 1.54) is 29.2 Å². The van der Waals surface area contributed by atoms with Crippen molar-refractivity contribution in [2.75, 3.05) is 13.1 Å². The molecule has 4 rings (SSSR count). The summed E-state index contributed by atoms with van der Waals surface area (Å²) in [5, 5.41) is 2.97. The van der Waals surface area contributed by atoms with Crippen molar-refractivity contribution < 1.29 is 22.4 Å². The third kappa shape index (κ3) is 2.48. The smallest absolute Gasteiger partial charge is 0.327 e. The summed E-state index contributed by atoms with van der Waals surface area (Å²) < 4.78 is 55.2. The van der Waals surface area contributed by atoms with Crippen molar-refractivity contribution >= 4 is 5.91 Å². The Morgan fingerprint density at radius 2 is 1.92 bits per heavy atom. The highest BCUT2D eigenvalue weighted by atomic mass is 19.4. The Balaban J connectivity index is 1.99. The summed E-state index contributed by atoms with van der Waals surface area (Å²) in [7, 11) is 0. The molecule has 2 aromatic carbocycles. The monoisotopic (exact) mass is 365 g/mol. The predicted molar refractivity (Wildman–Crippen MR) is 86.6 cm³/mol. The number of nitrogens with zero attached hydrogens (tertiary/aromatic N) is 1. The molecule has 0 bridgehead atoms. The average Bonchev–Trinajstić information content (AvgIpc) is 2.88. The average molecular weight is 365 g/mol. The molecule has 1 unspecified atom stereocenters. The molecule has 1 amide bonds. The molecule has 2 aromatic rings. The van der Waals surface area contributed by atoms with Crippen LogP contribution in [0.3, 0.4) is 0 Å². The molecule has 3 N–H and O–H groups in total. The van der Waals surface area contributed by atoms with Crippen molar-refractivity contribution in [3.8, 4) is 11.1 Å². The highest BCUT2D eigenvalue weighted by Crippen LogP contribution is 2.45. The molecule has 2 aliphatic rings. The van der Waals surface area contributed by atoms with E-state index in [2.05, 4.69) is 5.32 Å². The van der Waals surface area contributed by atoms with E-state index in [0.29, 0.717) is 6.54 Å². The predicted octanol–water partition coefficient (Wildman–Crippen LogP) is 2.90. The number of carbonyl (C=O) groups excluding carboxylic acids is 1. The van der Waals surface area contributed by atoms with Gasteiger partial charge in [-0.2, -0.15) is 13.2 Å². The minimum Gasteiger partial charge on any atom is -0.327 e. The van der Waals surface area contributed by atoms with Gasteiger partial charge in [-0.15, -0.1) is 0 Å². The Labute approximate surface area is 146 Å². The first-order valence-electron chi connectivity index (χ1n) is 8.09. The first-order chi connectivity index (χ1) is 12.3. The number of alkyl halides is 3. The van der Waals surface area contributed by atoms with Crippen LogP contribution in [0.5, 0.6) is 0 Å². The number of rotatable bonds is 1. The number of piperazine rings is 1. The molecule has 2 heterocycles. The number of nitrogens with one attached hydrogen (secondary N) is 1. The lowest BCUT2D eigenvalue weighted by molar-refractivity contribution is -0.137. The van der Waals surface area contributed by atoms with E-state index in [9.17, 15) is 22.4 Å². The van der Waals surface area contributed by atoms with Gasteiger partial charge in [0, 0.05) is 18.7 Å². The zero-order valence-corrected chi connectivity index (χ0v) is 13.5. The van der Waals surface area contributed by atoms with Gasteiger partial charge < -0.3 is 10.6 Å². The van der Waals surface area contributed by atoms with Crippen molar-refractivity contribution in [2.45, 2.75) is 18.4 Å². The lowest BCUT2D eigenvalue weighted by atomic mass is 9.91. The molecule has 4 nitrogen and oxygen atoms in total. The summed E-state index contributed by atoms with van der Waals surface area (Å²) in [4.78, 5) is 14.0. The van der Waals surface area contributed by atoms with Gasteiger partial charge in [0.25, 0.3) is 5.91 Å². The van der Waals surface area contributed by atoms with Gasteiger partial charge in [-0.25, -0.2) is 4.39 Å². The highest BCUT2D eigenvalue weighted by molar-refractivity contribution is 6.02. The minimum absolute atomic E-state index is 0.0454. The number of nitrogens with two attached hydrogens (primary N) is 1. The summed E-state index contributed by atoms with van der Waals surface area (Å²) in [6.45, 7) is 0.664. The van der Waals surface area contributed by atoms with Gasteiger partial charge in [-0.05, 0) is 29.3 Å². The van der Waals surface area contributed by atoms with E-state index in [0.717, 1.165) is 6.07 Å². The molecule has 2 aliphatic heterocycles. The van der Waals surface area contributed by atoms with E-state index in [1.54, 1.807) is 6.07 Å². The zero-order chi connectivity index (χ0) is 18.6. The Bertz CT molecular complexity index is 896. The van der Waals surface area contributed by atoms with Crippen molar-refractivity contribution in [1.29, 1.82) is 0 Å². The lowest BCUT2D eigenvalue weighted by Gasteiger charge is -2.35. The summed E-state index contributed by atoms with van der Waals surface area (Å²) in [5.41, 5.74) is 4.87. The Morgan fingerprint density at radius 1 is 1.19 bits per heavy atom. The normalized spacial score (nSPS) is 22.3. The molecule has 26 heavy (non-hydrogen) atoms. The molecule has 1 fully saturated rings.